The number of thiazole rings is 1. The Morgan fingerprint density at radius 3 is 3.00 bits per heavy atom. The molecule has 3 aromatic heterocycles. The molecule has 0 atom stereocenters. The third-order valence-electron chi connectivity index (χ3n) is 4.11. The van der Waals surface area contributed by atoms with Crippen LogP contribution in [0.25, 0.3) is 10.2 Å². The van der Waals surface area contributed by atoms with Crippen LogP contribution in [0.4, 0.5) is 5.13 Å². The summed E-state index contributed by atoms with van der Waals surface area (Å²) in [4.78, 5) is 27.9. The summed E-state index contributed by atoms with van der Waals surface area (Å²) in [5.74, 6) is 0.767. The number of fused-ring (bicyclic) bond motifs is 2. The molecule has 1 aliphatic heterocycles. The van der Waals surface area contributed by atoms with Crippen LogP contribution < -0.4 is 10.5 Å². The number of hydrogen-bond donors (Lipinski definition) is 0. The second kappa shape index (κ2) is 4.88. The van der Waals surface area contributed by atoms with Crippen LogP contribution in [-0.2, 0) is 20.0 Å². The molecular formula is C15H15N5OS. The first-order chi connectivity index (χ1) is 10.6. The van der Waals surface area contributed by atoms with Crippen molar-refractivity contribution in [2.24, 2.45) is 7.05 Å². The maximum absolute atomic E-state index is 12.5. The Morgan fingerprint density at radius 2 is 2.18 bits per heavy atom. The van der Waals surface area contributed by atoms with Gasteiger partial charge in [-0.3, -0.25) is 14.3 Å². The molecule has 6 nitrogen and oxygen atoms in total. The molecule has 0 aromatic carbocycles. The number of anilines is 1. The molecule has 22 heavy (non-hydrogen) atoms. The lowest BCUT2D eigenvalue weighted by Crippen LogP contribution is -2.38. The largest absolute Gasteiger partial charge is 0.343 e. The van der Waals surface area contributed by atoms with Gasteiger partial charge in [0.25, 0.3) is 5.56 Å². The first-order valence-corrected chi connectivity index (χ1v) is 7.96. The summed E-state index contributed by atoms with van der Waals surface area (Å²) in [5.41, 5.74) is 2.68. The molecule has 3 aromatic rings. The third-order valence-corrected chi connectivity index (χ3v) is 5.21. The Labute approximate surface area is 131 Å². The minimum atomic E-state index is 0.0509. The smallest absolute Gasteiger partial charge is 0.258 e. The first kappa shape index (κ1) is 13.4. The van der Waals surface area contributed by atoms with E-state index in [1.165, 1.54) is 0 Å². The monoisotopic (exact) mass is 313 g/mol. The van der Waals surface area contributed by atoms with Crippen molar-refractivity contribution < 1.29 is 0 Å². The molecule has 7 heteroatoms. The molecule has 0 amide bonds. The van der Waals surface area contributed by atoms with Gasteiger partial charge in [-0.2, -0.15) is 0 Å². The summed E-state index contributed by atoms with van der Waals surface area (Å²) in [5, 5.41) is 0.941. The van der Waals surface area contributed by atoms with Crippen molar-refractivity contribution in [3.63, 3.8) is 0 Å². The number of hydrogen-bond acceptors (Lipinski definition) is 6. The van der Waals surface area contributed by atoms with Crippen molar-refractivity contribution >= 4 is 26.7 Å². The lowest BCUT2D eigenvalue weighted by Gasteiger charge is -2.27. The molecule has 4 rings (SSSR count). The molecule has 1 aliphatic rings. The fourth-order valence-electron chi connectivity index (χ4n) is 2.75. The van der Waals surface area contributed by atoms with Crippen LogP contribution in [-0.4, -0.2) is 26.1 Å². The second-order valence-electron chi connectivity index (χ2n) is 5.46. The maximum Gasteiger partial charge on any atom is 0.258 e. The zero-order chi connectivity index (χ0) is 15.3. The highest BCUT2D eigenvalue weighted by Crippen LogP contribution is 2.30. The van der Waals surface area contributed by atoms with Gasteiger partial charge in [-0.1, -0.05) is 11.3 Å². The predicted molar refractivity (Wildman–Crippen MR) is 86.4 cm³/mol. The summed E-state index contributed by atoms with van der Waals surface area (Å²) >= 11 is 1.64. The predicted octanol–water partition coefficient (Wildman–Crippen LogP) is 1.66. The molecule has 0 spiro atoms. The number of nitrogens with zero attached hydrogens (tertiary/aromatic N) is 5. The van der Waals surface area contributed by atoms with Gasteiger partial charge in [0, 0.05) is 26.2 Å². The maximum atomic E-state index is 12.5. The zero-order valence-electron chi connectivity index (χ0n) is 12.4. The molecule has 0 saturated heterocycles. The van der Waals surface area contributed by atoms with Gasteiger partial charge >= 0.3 is 0 Å². The van der Waals surface area contributed by atoms with Gasteiger partial charge in [-0.05, 0) is 13.0 Å². The summed E-state index contributed by atoms with van der Waals surface area (Å²) in [6.45, 7) is 3.27. The van der Waals surface area contributed by atoms with Gasteiger partial charge in [0.2, 0.25) is 0 Å². The molecular weight excluding hydrogens is 298 g/mol. The van der Waals surface area contributed by atoms with Crippen LogP contribution in [0.2, 0.25) is 0 Å². The average molecular weight is 313 g/mol. The zero-order valence-corrected chi connectivity index (χ0v) is 13.2. The SMILES string of the molecule is Cc1nc2c(c(=O)n1C)CN(c1nc3cnccc3s1)CC2. The standard InChI is InChI=1S/C15H15N5OS/c1-9-17-11-4-6-20(8-10(11)14(21)19(9)2)15-18-12-7-16-5-3-13(12)22-15/h3,5,7H,4,6,8H2,1-2H3. The van der Waals surface area contributed by atoms with Crippen LogP contribution in [0.5, 0.6) is 0 Å². The van der Waals surface area contributed by atoms with E-state index < -0.39 is 0 Å². The van der Waals surface area contributed by atoms with Gasteiger partial charge in [-0.15, -0.1) is 0 Å². The Bertz CT molecular complexity index is 896. The van der Waals surface area contributed by atoms with Crippen LogP contribution >= 0.6 is 11.3 Å². The van der Waals surface area contributed by atoms with E-state index >= 15 is 0 Å². The van der Waals surface area contributed by atoms with Crippen molar-refractivity contribution in [2.45, 2.75) is 19.9 Å². The molecule has 0 radical (unpaired) electrons. The van der Waals surface area contributed by atoms with Crippen LogP contribution in [0, 0.1) is 6.92 Å². The Balaban J connectivity index is 1.75. The topological polar surface area (TPSA) is 63.9 Å². The second-order valence-corrected chi connectivity index (χ2v) is 6.47. The van der Waals surface area contributed by atoms with Gasteiger partial charge in [0.05, 0.1) is 28.7 Å². The van der Waals surface area contributed by atoms with Gasteiger partial charge in [0.1, 0.15) is 11.3 Å². The van der Waals surface area contributed by atoms with Crippen LogP contribution in [0.1, 0.15) is 17.1 Å². The van der Waals surface area contributed by atoms with E-state index in [0.29, 0.717) is 6.54 Å². The lowest BCUT2D eigenvalue weighted by atomic mass is 10.1. The van der Waals surface area contributed by atoms with Crippen LogP contribution in [0.3, 0.4) is 0 Å². The van der Waals surface area contributed by atoms with Gasteiger partial charge < -0.3 is 4.90 Å². The molecule has 0 unspecified atom stereocenters. The highest BCUT2D eigenvalue weighted by Gasteiger charge is 2.23. The quantitative estimate of drug-likeness (QED) is 0.683. The van der Waals surface area contributed by atoms with Crippen molar-refractivity contribution in [2.75, 3.05) is 11.4 Å². The van der Waals surface area contributed by atoms with Crippen molar-refractivity contribution in [3.05, 3.63) is 45.9 Å². The highest BCUT2D eigenvalue weighted by atomic mass is 32.1. The minimum Gasteiger partial charge on any atom is -0.343 e. The lowest BCUT2D eigenvalue weighted by molar-refractivity contribution is 0.654. The fraction of sp³-hybridized carbons (Fsp3) is 0.333. The summed E-state index contributed by atoms with van der Waals surface area (Å²) in [7, 11) is 1.77. The van der Waals surface area contributed by atoms with Gasteiger partial charge in [-0.25, -0.2) is 9.97 Å². The number of rotatable bonds is 1. The summed E-state index contributed by atoms with van der Waals surface area (Å²) in [6, 6.07) is 1.97. The Hall–Kier alpha value is -2.28. The number of pyridine rings is 1. The molecule has 4 heterocycles. The van der Waals surface area contributed by atoms with Crippen molar-refractivity contribution in [3.8, 4) is 0 Å². The number of aryl methyl sites for hydroxylation is 1. The normalized spacial score (nSPS) is 14.4. The molecule has 0 aliphatic carbocycles. The van der Waals surface area contributed by atoms with Crippen LogP contribution in [0.15, 0.2) is 23.3 Å². The summed E-state index contributed by atoms with van der Waals surface area (Å²) in [6.07, 6.45) is 4.33. The van der Waals surface area contributed by atoms with Crippen molar-refractivity contribution in [1.29, 1.82) is 0 Å². The highest BCUT2D eigenvalue weighted by molar-refractivity contribution is 7.22. The Kier molecular flexibility index (Phi) is 2.97. The number of aromatic nitrogens is 4. The van der Waals surface area contributed by atoms with E-state index in [9.17, 15) is 4.79 Å². The molecule has 0 bridgehead atoms. The molecule has 0 saturated carbocycles. The van der Waals surface area contributed by atoms with E-state index in [4.69, 9.17) is 0 Å². The average Bonchev–Trinajstić information content (AvgIpc) is 2.96. The van der Waals surface area contributed by atoms with E-state index in [1.54, 1.807) is 35.3 Å². The fourth-order valence-corrected chi connectivity index (χ4v) is 3.71. The summed E-state index contributed by atoms with van der Waals surface area (Å²) < 4.78 is 2.73. The molecule has 0 N–H and O–H groups in total. The van der Waals surface area contributed by atoms with Crippen molar-refractivity contribution in [1.82, 2.24) is 19.5 Å². The first-order valence-electron chi connectivity index (χ1n) is 7.14. The van der Waals surface area contributed by atoms with E-state index in [2.05, 4.69) is 19.9 Å². The molecule has 112 valence electrons. The molecule has 0 fully saturated rings. The Morgan fingerprint density at radius 1 is 1.32 bits per heavy atom. The van der Waals surface area contributed by atoms with E-state index in [0.717, 1.165) is 45.4 Å². The minimum absolute atomic E-state index is 0.0509. The van der Waals surface area contributed by atoms with E-state index in [-0.39, 0.29) is 5.56 Å². The van der Waals surface area contributed by atoms with Gasteiger partial charge in [0.15, 0.2) is 5.13 Å². The third kappa shape index (κ3) is 2.00. The van der Waals surface area contributed by atoms with E-state index in [1.807, 2.05) is 13.0 Å².